The Balaban J connectivity index is 0.00000484. The van der Waals surface area contributed by atoms with Gasteiger partial charge < -0.3 is 10.6 Å². The maximum Gasteiger partial charge on any atom is 0.213 e. The lowest BCUT2D eigenvalue weighted by Crippen LogP contribution is -2.38. The minimum atomic E-state index is -3.36. The first-order chi connectivity index (χ1) is 10.6. The van der Waals surface area contributed by atoms with Crippen LogP contribution < -0.4 is 15.4 Å². The van der Waals surface area contributed by atoms with E-state index < -0.39 is 10.0 Å². The smallest absolute Gasteiger partial charge is 0.213 e. The standard InChI is InChI=1S/C15H22N4O2S.HI/c1-3-10-17-15(16-4-2)18-11-12-22(20,21)19-13-14-8-6-5-7-9-14;/h1,5-9,19H,4,10-13H2,2H3,(H2,16,17,18);1H. The molecule has 0 spiro atoms. The van der Waals surface area contributed by atoms with Gasteiger partial charge in [-0.15, -0.1) is 30.4 Å². The molecule has 0 fully saturated rings. The van der Waals surface area contributed by atoms with Gasteiger partial charge in [0.2, 0.25) is 10.0 Å². The second kappa shape index (κ2) is 12.2. The molecule has 23 heavy (non-hydrogen) atoms. The first-order valence-electron chi connectivity index (χ1n) is 7.04. The normalized spacial score (nSPS) is 11.2. The monoisotopic (exact) mass is 450 g/mol. The molecule has 3 N–H and O–H groups in total. The van der Waals surface area contributed by atoms with Crippen molar-refractivity contribution >= 4 is 40.0 Å². The van der Waals surface area contributed by atoms with Crippen LogP contribution in [0.15, 0.2) is 35.3 Å². The zero-order valence-corrected chi connectivity index (χ0v) is 16.2. The highest BCUT2D eigenvalue weighted by Gasteiger charge is 2.09. The van der Waals surface area contributed by atoms with Crippen molar-refractivity contribution in [3.05, 3.63) is 35.9 Å². The minimum absolute atomic E-state index is 0. The fourth-order valence-electron chi connectivity index (χ4n) is 1.62. The SMILES string of the molecule is C#CCNC(=NCCS(=O)(=O)NCc1ccccc1)NCC.I. The van der Waals surface area contributed by atoms with Gasteiger partial charge in [-0.25, -0.2) is 13.1 Å². The van der Waals surface area contributed by atoms with Gasteiger partial charge in [-0.3, -0.25) is 4.99 Å². The molecular formula is C15H23IN4O2S. The van der Waals surface area contributed by atoms with E-state index >= 15 is 0 Å². The number of sulfonamides is 1. The maximum absolute atomic E-state index is 11.9. The highest BCUT2D eigenvalue weighted by Crippen LogP contribution is 1.98. The second-order valence-electron chi connectivity index (χ2n) is 4.44. The number of rotatable bonds is 8. The number of guanidine groups is 1. The average molecular weight is 450 g/mol. The van der Waals surface area contributed by atoms with Crippen molar-refractivity contribution in [2.75, 3.05) is 25.4 Å². The summed E-state index contributed by atoms with van der Waals surface area (Å²) in [7, 11) is -3.36. The first-order valence-corrected chi connectivity index (χ1v) is 8.69. The Labute approximate surface area is 155 Å². The van der Waals surface area contributed by atoms with Gasteiger partial charge in [0.1, 0.15) is 0 Å². The van der Waals surface area contributed by atoms with Crippen LogP contribution in [-0.4, -0.2) is 39.8 Å². The van der Waals surface area contributed by atoms with Crippen LogP contribution >= 0.6 is 24.0 Å². The summed E-state index contributed by atoms with van der Waals surface area (Å²) in [6.45, 7) is 3.37. The summed E-state index contributed by atoms with van der Waals surface area (Å²) in [5.74, 6) is 2.87. The maximum atomic E-state index is 11.9. The molecule has 0 unspecified atom stereocenters. The van der Waals surface area contributed by atoms with Crippen LogP contribution in [0, 0.1) is 12.3 Å². The largest absolute Gasteiger partial charge is 0.357 e. The van der Waals surface area contributed by atoms with Crippen LogP contribution in [0.1, 0.15) is 12.5 Å². The van der Waals surface area contributed by atoms with Crippen LogP contribution in [0.4, 0.5) is 0 Å². The predicted octanol–water partition coefficient (Wildman–Crippen LogP) is 0.912. The Morgan fingerprint density at radius 2 is 1.96 bits per heavy atom. The van der Waals surface area contributed by atoms with E-state index in [1.165, 1.54) is 0 Å². The van der Waals surface area contributed by atoms with E-state index in [0.29, 0.717) is 19.0 Å². The van der Waals surface area contributed by atoms with Gasteiger partial charge in [0, 0.05) is 13.1 Å². The Kier molecular flexibility index (Phi) is 11.5. The van der Waals surface area contributed by atoms with Gasteiger partial charge in [-0.05, 0) is 12.5 Å². The molecule has 1 aromatic rings. The van der Waals surface area contributed by atoms with E-state index in [1.54, 1.807) is 0 Å². The number of aliphatic imine (C=N–C) groups is 1. The third-order valence-corrected chi connectivity index (χ3v) is 3.98. The molecule has 0 saturated heterocycles. The zero-order chi connectivity index (χ0) is 16.3. The number of terminal acetylenes is 1. The molecule has 6 nitrogen and oxygen atoms in total. The quantitative estimate of drug-likeness (QED) is 0.238. The van der Waals surface area contributed by atoms with Crippen molar-refractivity contribution in [2.24, 2.45) is 4.99 Å². The summed E-state index contributed by atoms with van der Waals surface area (Å²) in [5, 5.41) is 5.89. The Morgan fingerprint density at radius 1 is 1.26 bits per heavy atom. The van der Waals surface area contributed by atoms with Crippen LogP contribution in [0.5, 0.6) is 0 Å². The molecule has 0 aliphatic carbocycles. The van der Waals surface area contributed by atoms with Gasteiger partial charge >= 0.3 is 0 Å². The lowest BCUT2D eigenvalue weighted by molar-refractivity contribution is 0.581. The topological polar surface area (TPSA) is 82.6 Å². The van der Waals surface area contributed by atoms with E-state index in [2.05, 4.69) is 26.3 Å². The number of nitrogens with one attached hydrogen (secondary N) is 3. The fraction of sp³-hybridized carbons (Fsp3) is 0.400. The van der Waals surface area contributed by atoms with Crippen molar-refractivity contribution in [2.45, 2.75) is 13.5 Å². The van der Waals surface area contributed by atoms with Crippen molar-refractivity contribution < 1.29 is 8.42 Å². The Hall–Kier alpha value is -1.31. The molecule has 0 radical (unpaired) electrons. The van der Waals surface area contributed by atoms with Crippen molar-refractivity contribution in [3.63, 3.8) is 0 Å². The first kappa shape index (κ1) is 21.7. The minimum Gasteiger partial charge on any atom is -0.357 e. The number of nitrogens with zero attached hydrogens (tertiary/aromatic N) is 1. The highest BCUT2D eigenvalue weighted by atomic mass is 127. The van der Waals surface area contributed by atoms with Crippen LogP contribution in [0.2, 0.25) is 0 Å². The summed E-state index contributed by atoms with van der Waals surface area (Å²) in [5.41, 5.74) is 0.915. The summed E-state index contributed by atoms with van der Waals surface area (Å²) in [6, 6.07) is 9.36. The predicted molar refractivity (Wildman–Crippen MR) is 105 cm³/mol. The van der Waals surface area contributed by atoms with Gasteiger partial charge in [-0.1, -0.05) is 36.3 Å². The molecule has 0 atom stereocenters. The van der Waals surface area contributed by atoms with Crippen molar-refractivity contribution in [1.29, 1.82) is 0 Å². The number of hydrogen-bond donors (Lipinski definition) is 3. The molecule has 0 aromatic heterocycles. The van der Waals surface area contributed by atoms with Crippen LogP contribution in [0.3, 0.4) is 0 Å². The number of benzene rings is 1. The summed E-state index contributed by atoms with van der Waals surface area (Å²) >= 11 is 0. The van der Waals surface area contributed by atoms with E-state index in [-0.39, 0.29) is 42.8 Å². The molecule has 0 amide bonds. The molecular weight excluding hydrogens is 427 g/mol. The van der Waals surface area contributed by atoms with Gasteiger partial charge in [0.05, 0.1) is 18.8 Å². The van der Waals surface area contributed by atoms with Crippen LogP contribution in [-0.2, 0) is 16.6 Å². The molecule has 1 aromatic carbocycles. The summed E-state index contributed by atoms with van der Waals surface area (Å²) in [4.78, 5) is 4.17. The molecule has 0 saturated carbocycles. The number of halogens is 1. The highest BCUT2D eigenvalue weighted by molar-refractivity contribution is 14.0. The second-order valence-corrected chi connectivity index (χ2v) is 6.37. The molecule has 0 heterocycles. The summed E-state index contributed by atoms with van der Waals surface area (Å²) < 4.78 is 26.4. The van der Waals surface area contributed by atoms with Gasteiger partial charge in [0.25, 0.3) is 0 Å². The lowest BCUT2D eigenvalue weighted by atomic mass is 10.2. The van der Waals surface area contributed by atoms with Gasteiger partial charge in [0.15, 0.2) is 5.96 Å². The lowest BCUT2D eigenvalue weighted by Gasteiger charge is -2.09. The molecule has 8 heteroatoms. The number of hydrogen-bond acceptors (Lipinski definition) is 3. The average Bonchev–Trinajstić information content (AvgIpc) is 2.51. The van der Waals surface area contributed by atoms with E-state index in [4.69, 9.17) is 6.42 Å². The van der Waals surface area contributed by atoms with E-state index in [0.717, 1.165) is 5.56 Å². The molecule has 1 rings (SSSR count). The molecule has 0 aliphatic rings. The molecule has 128 valence electrons. The Bertz CT molecular complexity index is 612. The van der Waals surface area contributed by atoms with Crippen molar-refractivity contribution in [1.82, 2.24) is 15.4 Å². The fourth-order valence-corrected chi connectivity index (χ4v) is 2.48. The van der Waals surface area contributed by atoms with E-state index in [1.807, 2.05) is 37.3 Å². The molecule has 0 bridgehead atoms. The van der Waals surface area contributed by atoms with Crippen LogP contribution in [0.25, 0.3) is 0 Å². The third kappa shape index (κ3) is 10.1. The Morgan fingerprint density at radius 3 is 2.57 bits per heavy atom. The van der Waals surface area contributed by atoms with Crippen molar-refractivity contribution in [3.8, 4) is 12.3 Å². The van der Waals surface area contributed by atoms with Gasteiger partial charge in [-0.2, -0.15) is 0 Å². The zero-order valence-electron chi connectivity index (χ0n) is 13.1. The van der Waals surface area contributed by atoms with E-state index in [9.17, 15) is 8.42 Å². The third-order valence-electron chi connectivity index (χ3n) is 2.67. The summed E-state index contributed by atoms with van der Waals surface area (Å²) in [6.07, 6.45) is 5.16. The molecule has 0 aliphatic heterocycles.